The van der Waals surface area contributed by atoms with Gasteiger partial charge in [-0.3, -0.25) is 4.40 Å². The van der Waals surface area contributed by atoms with E-state index in [2.05, 4.69) is 9.97 Å². The minimum atomic E-state index is -0.228. The Labute approximate surface area is 114 Å². The summed E-state index contributed by atoms with van der Waals surface area (Å²) in [5.74, 6) is 1.34. The zero-order valence-electron chi connectivity index (χ0n) is 11.1. The Hall–Kier alpha value is -2.76. The van der Waals surface area contributed by atoms with Gasteiger partial charge in [0.25, 0.3) is 0 Å². The van der Waals surface area contributed by atoms with E-state index in [-0.39, 0.29) is 5.69 Å². The molecule has 3 rings (SSSR count). The van der Waals surface area contributed by atoms with Gasteiger partial charge in [-0.15, -0.1) is 0 Å². The van der Waals surface area contributed by atoms with E-state index in [1.165, 1.54) is 4.40 Å². The monoisotopic (exact) mass is 271 g/mol. The summed E-state index contributed by atoms with van der Waals surface area (Å²) >= 11 is 0. The molecule has 1 N–H and O–H groups in total. The van der Waals surface area contributed by atoms with Crippen LogP contribution in [0.2, 0.25) is 0 Å². The SMILES string of the molecule is COc1ccc(-c2cn3c(=O)[nH]ccc3n2)c(OC)c1. The van der Waals surface area contributed by atoms with Crippen LogP contribution in [0.5, 0.6) is 11.5 Å². The Morgan fingerprint density at radius 2 is 2.05 bits per heavy atom. The largest absolute Gasteiger partial charge is 0.497 e. The maximum absolute atomic E-state index is 11.7. The van der Waals surface area contributed by atoms with E-state index < -0.39 is 0 Å². The molecule has 20 heavy (non-hydrogen) atoms. The fourth-order valence-electron chi connectivity index (χ4n) is 2.07. The van der Waals surface area contributed by atoms with Crippen LogP contribution >= 0.6 is 0 Å². The van der Waals surface area contributed by atoms with Crippen LogP contribution in [0.4, 0.5) is 0 Å². The topological polar surface area (TPSA) is 68.6 Å². The van der Waals surface area contributed by atoms with Crippen molar-refractivity contribution in [3.8, 4) is 22.8 Å². The average molecular weight is 271 g/mol. The normalized spacial score (nSPS) is 10.7. The standard InChI is InChI=1S/C14H13N3O3/c1-19-9-3-4-10(12(7-9)20-2)11-8-17-13(16-11)5-6-15-14(17)18/h3-8H,1-2H3,(H,15,18). The molecule has 0 saturated heterocycles. The van der Waals surface area contributed by atoms with E-state index >= 15 is 0 Å². The van der Waals surface area contributed by atoms with E-state index in [1.54, 1.807) is 38.7 Å². The molecule has 0 aliphatic heterocycles. The molecule has 0 saturated carbocycles. The lowest BCUT2D eigenvalue weighted by molar-refractivity contribution is 0.395. The van der Waals surface area contributed by atoms with Crippen molar-refractivity contribution in [2.24, 2.45) is 0 Å². The molecule has 2 heterocycles. The number of ether oxygens (including phenoxy) is 2. The fourth-order valence-corrected chi connectivity index (χ4v) is 2.07. The van der Waals surface area contributed by atoms with Crippen molar-refractivity contribution in [2.45, 2.75) is 0 Å². The van der Waals surface area contributed by atoms with Crippen molar-refractivity contribution < 1.29 is 9.47 Å². The molecule has 1 aromatic carbocycles. The van der Waals surface area contributed by atoms with Crippen LogP contribution in [0.3, 0.4) is 0 Å². The van der Waals surface area contributed by atoms with Crippen molar-refractivity contribution in [3.05, 3.63) is 47.1 Å². The van der Waals surface area contributed by atoms with Crippen LogP contribution in [-0.4, -0.2) is 28.6 Å². The molecule has 0 unspecified atom stereocenters. The highest BCUT2D eigenvalue weighted by atomic mass is 16.5. The molecule has 0 radical (unpaired) electrons. The van der Waals surface area contributed by atoms with Crippen LogP contribution in [0.15, 0.2) is 41.5 Å². The summed E-state index contributed by atoms with van der Waals surface area (Å²) < 4.78 is 12.0. The summed E-state index contributed by atoms with van der Waals surface area (Å²) in [5.41, 5.74) is 1.83. The second-order valence-electron chi connectivity index (χ2n) is 4.20. The van der Waals surface area contributed by atoms with Gasteiger partial charge in [0, 0.05) is 24.0 Å². The zero-order chi connectivity index (χ0) is 14.1. The fraction of sp³-hybridized carbons (Fsp3) is 0.143. The number of hydrogen-bond acceptors (Lipinski definition) is 4. The van der Waals surface area contributed by atoms with E-state index in [1.807, 2.05) is 12.1 Å². The summed E-state index contributed by atoms with van der Waals surface area (Å²) in [6.45, 7) is 0. The molecule has 2 aromatic heterocycles. The van der Waals surface area contributed by atoms with Crippen LogP contribution in [-0.2, 0) is 0 Å². The molecule has 0 fully saturated rings. The number of aromatic amines is 1. The minimum Gasteiger partial charge on any atom is -0.497 e. The third-order valence-corrected chi connectivity index (χ3v) is 3.08. The highest BCUT2D eigenvalue weighted by Gasteiger charge is 2.12. The van der Waals surface area contributed by atoms with Gasteiger partial charge in [0.2, 0.25) is 0 Å². The Kier molecular flexibility index (Phi) is 2.90. The van der Waals surface area contributed by atoms with Gasteiger partial charge in [0.1, 0.15) is 17.1 Å². The lowest BCUT2D eigenvalue weighted by Crippen LogP contribution is -2.13. The third-order valence-electron chi connectivity index (χ3n) is 3.08. The second-order valence-corrected chi connectivity index (χ2v) is 4.20. The minimum absolute atomic E-state index is 0.228. The van der Waals surface area contributed by atoms with Gasteiger partial charge in [0.15, 0.2) is 0 Å². The summed E-state index contributed by atoms with van der Waals surface area (Å²) in [5, 5.41) is 0. The second kappa shape index (κ2) is 4.73. The van der Waals surface area contributed by atoms with Gasteiger partial charge in [-0.05, 0) is 18.2 Å². The van der Waals surface area contributed by atoms with E-state index in [4.69, 9.17) is 9.47 Å². The van der Waals surface area contributed by atoms with Crippen molar-refractivity contribution in [3.63, 3.8) is 0 Å². The van der Waals surface area contributed by atoms with Gasteiger partial charge < -0.3 is 14.5 Å². The van der Waals surface area contributed by atoms with Gasteiger partial charge in [-0.2, -0.15) is 0 Å². The van der Waals surface area contributed by atoms with Crippen LogP contribution in [0.25, 0.3) is 16.9 Å². The van der Waals surface area contributed by atoms with Gasteiger partial charge in [-0.1, -0.05) is 0 Å². The molecule has 0 bridgehead atoms. The summed E-state index contributed by atoms with van der Waals surface area (Å²) in [4.78, 5) is 18.7. The maximum atomic E-state index is 11.7. The van der Waals surface area contributed by atoms with Crippen LogP contribution in [0, 0.1) is 0 Å². The Bertz CT molecular complexity index is 820. The van der Waals surface area contributed by atoms with E-state index in [0.717, 1.165) is 5.56 Å². The average Bonchev–Trinajstić information content (AvgIpc) is 2.92. The van der Waals surface area contributed by atoms with Crippen molar-refractivity contribution in [1.29, 1.82) is 0 Å². The molecule has 102 valence electrons. The van der Waals surface area contributed by atoms with Gasteiger partial charge in [0.05, 0.1) is 19.9 Å². The van der Waals surface area contributed by atoms with Crippen molar-refractivity contribution in [1.82, 2.24) is 14.4 Å². The highest BCUT2D eigenvalue weighted by Crippen LogP contribution is 2.32. The smallest absolute Gasteiger partial charge is 0.331 e. The zero-order valence-corrected chi connectivity index (χ0v) is 11.1. The number of aromatic nitrogens is 3. The van der Waals surface area contributed by atoms with E-state index in [0.29, 0.717) is 22.8 Å². The number of H-pyrrole nitrogens is 1. The number of nitrogens with one attached hydrogen (secondary N) is 1. The lowest BCUT2D eigenvalue weighted by Gasteiger charge is -2.08. The highest BCUT2D eigenvalue weighted by molar-refractivity contribution is 5.70. The van der Waals surface area contributed by atoms with Crippen molar-refractivity contribution >= 4 is 5.65 Å². The summed E-state index contributed by atoms with van der Waals surface area (Å²) in [7, 11) is 3.18. The number of benzene rings is 1. The number of rotatable bonds is 3. The third kappa shape index (κ3) is 1.91. The maximum Gasteiger partial charge on any atom is 0.331 e. The first-order valence-corrected chi connectivity index (χ1v) is 6.02. The number of hydrogen-bond donors (Lipinski definition) is 1. The first kappa shape index (κ1) is 12.3. The first-order valence-electron chi connectivity index (χ1n) is 6.02. The van der Waals surface area contributed by atoms with Crippen LogP contribution in [0.1, 0.15) is 0 Å². The number of methoxy groups -OCH3 is 2. The molecule has 3 aromatic rings. The molecular formula is C14H13N3O3. The lowest BCUT2D eigenvalue weighted by atomic mass is 10.1. The molecular weight excluding hydrogens is 258 g/mol. The molecule has 0 atom stereocenters. The van der Waals surface area contributed by atoms with Crippen molar-refractivity contribution in [2.75, 3.05) is 14.2 Å². The molecule has 0 amide bonds. The Morgan fingerprint density at radius 1 is 1.20 bits per heavy atom. The number of fused-ring (bicyclic) bond motifs is 1. The quantitative estimate of drug-likeness (QED) is 0.787. The predicted molar refractivity (Wildman–Crippen MR) is 74.4 cm³/mol. The summed E-state index contributed by atoms with van der Waals surface area (Å²) in [6, 6.07) is 7.20. The Balaban J connectivity index is 2.20. The summed E-state index contributed by atoms with van der Waals surface area (Å²) in [6.07, 6.45) is 3.25. The predicted octanol–water partition coefficient (Wildman–Crippen LogP) is 1.71. The molecule has 0 aliphatic rings. The van der Waals surface area contributed by atoms with E-state index in [9.17, 15) is 4.79 Å². The first-order chi connectivity index (χ1) is 9.72. The molecule has 6 heteroatoms. The number of imidazole rings is 1. The van der Waals surface area contributed by atoms with Gasteiger partial charge >= 0.3 is 5.69 Å². The van der Waals surface area contributed by atoms with Gasteiger partial charge in [-0.25, -0.2) is 9.78 Å². The van der Waals surface area contributed by atoms with Crippen LogP contribution < -0.4 is 15.2 Å². The molecule has 0 aliphatic carbocycles. The number of nitrogens with zero attached hydrogens (tertiary/aromatic N) is 2. The Morgan fingerprint density at radius 3 is 2.75 bits per heavy atom. The molecule has 6 nitrogen and oxygen atoms in total. The molecule has 0 spiro atoms.